The van der Waals surface area contributed by atoms with Gasteiger partial charge in [-0.2, -0.15) is 26.3 Å². The molecule has 1 unspecified atom stereocenters. The van der Waals surface area contributed by atoms with E-state index in [0.717, 1.165) is 0 Å². The first-order valence-corrected chi connectivity index (χ1v) is 6.46. The Labute approximate surface area is 128 Å². The summed E-state index contributed by atoms with van der Waals surface area (Å²) in [4.78, 5) is 3.98. The van der Waals surface area contributed by atoms with Gasteiger partial charge in [0, 0.05) is 6.42 Å². The summed E-state index contributed by atoms with van der Waals surface area (Å²) in [5, 5.41) is 11.8. The summed E-state index contributed by atoms with van der Waals surface area (Å²) in [6, 6.07) is 10.3. The quantitative estimate of drug-likeness (QED) is 0.783. The number of rotatable bonds is 1. The van der Waals surface area contributed by atoms with Gasteiger partial charge in [0.25, 0.3) is 5.60 Å². The van der Waals surface area contributed by atoms with Gasteiger partial charge in [0.2, 0.25) is 0 Å². The molecule has 130 valence electrons. The zero-order valence-corrected chi connectivity index (χ0v) is 12.2. The maximum Gasteiger partial charge on any atom is 0.430 e. The van der Waals surface area contributed by atoms with Crippen molar-refractivity contribution in [3.63, 3.8) is 0 Å². The first-order chi connectivity index (χ1) is 10.4. The fraction of sp³-hybridized carbons (Fsp3) is 0.500. The molecule has 0 amide bonds. The first-order valence-electron chi connectivity index (χ1n) is 6.46. The van der Waals surface area contributed by atoms with Crippen LogP contribution >= 0.6 is 0 Å². The number of hydrogen-bond acceptors (Lipinski definition) is 3. The molecule has 1 aliphatic rings. The second-order valence-electron chi connectivity index (χ2n) is 5.04. The van der Waals surface area contributed by atoms with E-state index in [1.807, 2.05) is 18.2 Å². The number of hydrogen-bond donors (Lipinski definition) is 1. The van der Waals surface area contributed by atoms with Gasteiger partial charge in [-0.15, -0.1) is 0 Å². The van der Waals surface area contributed by atoms with Gasteiger partial charge in [-0.1, -0.05) is 41.1 Å². The number of benzene rings is 1. The van der Waals surface area contributed by atoms with Gasteiger partial charge in [-0.3, -0.25) is 0 Å². The molecular weight excluding hydrogens is 328 g/mol. The highest BCUT2D eigenvalue weighted by atomic mass is 19.4. The zero-order chi connectivity index (χ0) is 17.9. The standard InChI is InChI=1S/C7H7F6NO2.C7H8/c1-3-2-4(16-14-3)5(15,6(8,9)10)7(11,12)13;1-7-5-3-2-4-6-7/h4,15H,2H2,1H3;2-6H,1H3. The fourth-order valence-corrected chi connectivity index (χ4v) is 1.78. The van der Waals surface area contributed by atoms with Crippen molar-refractivity contribution < 1.29 is 36.3 Å². The number of nitrogens with zero attached hydrogens (tertiary/aromatic N) is 1. The highest BCUT2D eigenvalue weighted by molar-refractivity contribution is 5.83. The lowest BCUT2D eigenvalue weighted by Crippen LogP contribution is -2.64. The highest BCUT2D eigenvalue weighted by Gasteiger charge is 2.76. The van der Waals surface area contributed by atoms with E-state index in [0.29, 0.717) is 0 Å². The van der Waals surface area contributed by atoms with Crippen LogP contribution in [0.1, 0.15) is 18.9 Å². The third-order valence-electron chi connectivity index (χ3n) is 3.09. The van der Waals surface area contributed by atoms with Crippen molar-refractivity contribution in [2.75, 3.05) is 0 Å². The van der Waals surface area contributed by atoms with Crippen LogP contribution in [0.2, 0.25) is 0 Å². The minimum absolute atomic E-state index is 0.0445. The van der Waals surface area contributed by atoms with Crippen LogP contribution in [-0.2, 0) is 4.84 Å². The van der Waals surface area contributed by atoms with Crippen molar-refractivity contribution >= 4 is 5.71 Å². The fourth-order valence-electron chi connectivity index (χ4n) is 1.78. The molecule has 9 heteroatoms. The SMILES string of the molecule is CC1=NOC(C(O)(C(F)(F)F)C(F)(F)F)C1.Cc1ccccc1. The number of halogens is 6. The van der Waals surface area contributed by atoms with Gasteiger partial charge < -0.3 is 9.94 Å². The summed E-state index contributed by atoms with van der Waals surface area (Å²) in [5.74, 6) is 0. The molecule has 23 heavy (non-hydrogen) atoms. The molecule has 2 rings (SSSR count). The molecule has 0 saturated heterocycles. The Morgan fingerprint density at radius 1 is 1.00 bits per heavy atom. The van der Waals surface area contributed by atoms with Crippen LogP contribution in [0.15, 0.2) is 35.5 Å². The summed E-state index contributed by atoms with van der Waals surface area (Å²) in [6.45, 7) is 3.28. The van der Waals surface area contributed by atoms with Gasteiger partial charge in [-0.25, -0.2) is 0 Å². The lowest BCUT2D eigenvalue weighted by molar-refractivity contribution is -0.392. The van der Waals surface area contributed by atoms with E-state index in [2.05, 4.69) is 29.0 Å². The van der Waals surface area contributed by atoms with Crippen molar-refractivity contribution in [3.05, 3.63) is 35.9 Å². The average Bonchev–Trinajstić information content (AvgIpc) is 2.83. The van der Waals surface area contributed by atoms with E-state index in [-0.39, 0.29) is 5.71 Å². The van der Waals surface area contributed by atoms with Crippen molar-refractivity contribution in [2.24, 2.45) is 5.16 Å². The van der Waals surface area contributed by atoms with Crippen LogP contribution in [0.4, 0.5) is 26.3 Å². The molecule has 1 heterocycles. The zero-order valence-electron chi connectivity index (χ0n) is 12.2. The summed E-state index contributed by atoms with van der Waals surface area (Å²) in [7, 11) is 0. The van der Waals surface area contributed by atoms with Gasteiger partial charge >= 0.3 is 12.4 Å². The van der Waals surface area contributed by atoms with Gasteiger partial charge in [0.1, 0.15) is 0 Å². The average molecular weight is 343 g/mol. The molecule has 1 N–H and O–H groups in total. The number of aliphatic hydroxyl groups is 1. The number of aryl methyl sites for hydroxylation is 1. The predicted octanol–water partition coefficient (Wildman–Crippen LogP) is 4.00. The molecule has 0 aliphatic carbocycles. The predicted molar refractivity (Wildman–Crippen MR) is 70.8 cm³/mol. The third-order valence-corrected chi connectivity index (χ3v) is 3.09. The van der Waals surface area contributed by atoms with Crippen LogP contribution in [0, 0.1) is 6.92 Å². The Hall–Kier alpha value is -1.77. The van der Waals surface area contributed by atoms with Crippen LogP contribution in [0.25, 0.3) is 0 Å². The van der Waals surface area contributed by atoms with Gasteiger partial charge in [-0.05, 0) is 13.8 Å². The second-order valence-corrected chi connectivity index (χ2v) is 5.04. The Balaban J connectivity index is 0.000000313. The van der Waals surface area contributed by atoms with Crippen molar-refractivity contribution in [1.29, 1.82) is 0 Å². The van der Waals surface area contributed by atoms with E-state index >= 15 is 0 Å². The first kappa shape index (κ1) is 19.3. The minimum Gasteiger partial charge on any atom is -0.388 e. The molecule has 0 aromatic heterocycles. The maximum atomic E-state index is 12.3. The van der Waals surface area contributed by atoms with Crippen molar-refractivity contribution in [3.8, 4) is 0 Å². The summed E-state index contributed by atoms with van der Waals surface area (Å²) in [6.07, 6.45) is -15.0. The molecule has 1 aromatic carbocycles. The Bertz CT molecular complexity index is 524. The van der Waals surface area contributed by atoms with Crippen LogP contribution in [0.5, 0.6) is 0 Å². The normalized spacial score (nSPS) is 18.7. The summed E-state index contributed by atoms with van der Waals surface area (Å²) in [5.41, 5.74) is -3.62. The molecule has 0 saturated carbocycles. The molecule has 1 aromatic rings. The molecule has 0 radical (unpaired) electrons. The summed E-state index contributed by atoms with van der Waals surface area (Å²) >= 11 is 0. The van der Waals surface area contributed by atoms with E-state index in [1.54, 1.807) is 0 Å². The Morgan fingerprint density at radius 3 is 1.74 bits per heavy atom. The topological polar surface area (TPSA) is 41.8 Å². The Morgan fingerprint density at radius 2 is 1.48 bits per heavy atom. The van der Waals surface area contributed by atoms with Crippen molar-refractivity contribution in [1.82, 2.24) is 0 Å². The van der Waals surface area contributed by atoms with E-state index in [1.165, 1.54) is 12.5 Å². The van der Waals surface area contributed by atoms with Gasteiger partial charge in [0.05, 0.1) is 5.71 Å². The summed E-state index contributed by atoms with van der Waals surface area (Å²) < 4.78 is 73.7. The lowest BCUT2D eigenvalue weighted by atomic mass is 9.92. The molecule has 0 fully saturated rings. The smallest absolute Gasteiger partial charge is 0.388 e. The number of oxime groups is 1. The Kier molecular flexibility index (Phi) is 5.68. The molecule has 3 nitrogen and oxygen atoms in total. The van der Waals surface area contributed by atoms with Crippen LogP contribution in [0.3, 0.4) is 0 Å². The minimum atomic E-state index is -5.88. The third kappa shape index (κ3) is 4.37. The van der Waals surface area contributed by atoms with Crippen molar-refractivity contribution in [2.45, 2.75) is 44.3 Å². The molecule has 1 aliphatic heterocycles. The van der Waals surface area contributed by atoms with Gasteiger partial charge in [0.15, 0.2) is 6.10 Å². The van der Waals surface area contributed by atoms with Crippen LogP contribution < -0.4 is 0 Å². The molecule has 1 atom stereocenters. The van der Waals surface area contributed by atoms with E-state index in [9.17, 15) is 26.3 Å². The van der Waals surface area contributed by atoms with Crippen LogP contribution in [-0.4, -0.2) is 34.9 Å². The highest BCUT2D eigenvalue weighted by Crippen LogP contribution is 2.47. The molecule has 0 bridgehead atoms. The maximum absolute atomic E-state index is 12.3. The second kappa shape index (κ2) is 6.77. The monoisotopic (exact) mass is 343 g/mol. The van der Waals surface area contributed by atoms with E-state index < -0.39 is 30.5 Å². The molecular formula is C14H15F6NO2. The van der Waals surface area contributed by atoms with E-state index in [4.69, 9.17) is 5.11 Å². The largest absolute Gasteiger partial charge is 0.430 e. The molecule has 0 spiro atoms. The number of alkyl halides is 6. The lowest BCUT2D eigenvalue weighted by Gasteiger charge is -2.35.